The van der Waals surface area contributed by atoms with Crippen molar-refractivity contribution in [2.24, 2.45) is 9.98 Å². The normalized spacial score (nSPS) is 13.0. The fourth-order valence-electron chi connectivity index (χ4n) is 3.80. The van der Waals surface area contributed by atoms with Crippen LogP contribution >= 0.6 is 11.8 Å². The molecule has 0 radical (unpaired) electrons. The maximum Gasteiger partial charge on any atom is 0.234 e. The van der Waals surface area contributed by atoms with E-state index in [-0.39, 0.29) is 5.91 Å². The zero-order valence-electron chi connectivity index (χ0n) is 19.8. The number of nitrogens with one attached hydrogen (secondary N) is 1. The summed E-state index contributed by atoms with van der Waals surface area (Å²) in [6.07, 6.45) is 0.594. The van der Waals surface area contributed by atoms with Crippen molar-refractivity contribution in [3.05, 3.63) is 88.0 Å². The fraction of sp³-hybridized carbons (Fsp3) is 0.250. The lowest BCUT2D eigenvalue weighted by molar-refractivity contribution is -0.113. The first kappa shape index (κ1) is 23.0. The van der Waals surface area contributed by atoms with Crippen LogP contribution in [0.1, 0.15) is 39.8 Å². The van der Waals surface area contributed by atoms with Gasteiger partial charge in [-0.3, -0.25) is 9.79 Å². The lowest BCUT2D eigenvalue weighted by Crippen LogP contribution is -2.17. The average molecular weight is 456 g/mol. The van der Waals surface area contributed by atoms with Crippen LogP contribution in [0.15, 0.2) is 64.6 Å². The number of carbonyl (C=O) groups is 1. The van der Waals surface area contributed by atoms with Crippen LogP contribution in [0.5, 0.6) is 0 Å². The van der Waals surface area contributed by atoms with E-state index in [0.29, 0.717) is 12.2 Å². The Morgan fingerprint density at radius 2 is 1.45 bits per heavy atom. The molecule has 1 aliphatic heterocycles. The minimum absolute atomic E-state index is 0.0292. The van der Waals surface area contributed by atoms with E-state index < -0.39 is 0 Å². The molecule has 4 nitrogen and oxygen atoms in total. The summed E-state index contributed by atoms with van der Waals surface area (Å²) in [5, 5.41) is 3.97. The lowest BCUT2D eigenvalue weighted by Gasteiger charge is -2.12. The summed E-state index contributed by atoms with van der Waals surface area (Å²) in [7, 11) is 0. The summed E-state index contributed by atoms with van der Waals surface area (Å²) < 4.78 is 0. The quantitative estimate of drug-likeness (QED) is 0.454. The number of rotatable bonds is 4. The topological polar surface area (TPSA) is 53.8 Å². The molecule has 0 aromatic heterocycles. The van der Waals surface area contributed by atoms with Crippen LogP contribution in [0, 0.1) is 34.6 Å². The van der Waals surface area contributed by atoms with E-state index in [2.05, 4.69) is 62.5 Å². The Morgan fingerprint density at radius 1 is 0.848 bits per heavy atom. The first-order chi connectivity index (χ1) is 15.8. The molecule has 168 valence electrons. The SMILES string of the molecule is Cc1ccc(C2=Nc3cc(C)c(C)cc3N=C(SCC(=O)Nc3c(C)cccc3C)C2)cc1. The van der Waals surface area contributed by atoms with Crippen LogP contribution in [0.3, 0.4) is 0 Å². The summed E-state index contributed by atoms with van der Waals surface area (Å²) in [5.74, 6) is 0.270. The molecular formula is C28H29N3OS. The minimum atomic E-state index is -0.0292. The molecule has 33 heavy (non-hydrogen) atoms. The molecule has 0 saturated carbocycles. The Morgan fingerprint density at radius 3 is 2.09 bits per heavy atom. The predicted octanol–water partition coefficient (Wildman–Crippen LogP) is 7.16. The van der Waals surface area contributed by atoms with Gasteiger partial charge in [0.2, 0.25) is 5.91 Å². The number of aliphatic imine (C=N–C) groups is 2. The Hall–Kier alpha value is -3.18. The van der Waals surface area contributed by atoms with Crippen molar-refractivity contribution in [2.75, 3.05) is 11.1 Å². The molecule has 4 rings (SSSR count). The second kappa shape index (κ2) is 9.75. The number of benzene rings is 3. The first-order valence-corrected chi connectivity index (χ1v) is 12.1. The Balaban J connectivity index is 1.59. The maximum absolute atomic E-state index is 12.8. The number of nitrogens with zero attached hydrogens (tertiary/aromatic N) is 2. The van der Waals surface area contributed by atoms with E-state index in [4.69, 9.17) is 9.98 Å². The Labute approximate surface area is 200 Å². The van der Waals surface area contributed by atoms with Gasteiger partial charge in [0.15, 0.2) is 0 Å². The molecule has 0 saturated heterocycles. The van der Waals surface area contributed by atoms with E-state index >= 15 is 0 Å². The second-order valence-corrected chi connectivity index (χ2v) is 9.68. The Bertz CT molecular complexity index is 1250. The molecule has 0 aliphatic carbocycles. The van der Waals surface area contributed by atoms with Gasteiger partial charge in [0.1, 0.15) is 0 Å². The van der Waals surface area contributed by atoms with Crippen molar-refractivity contribution in [3.63, 3.8) is 0 Å². The van der Waals surface area contributed by atoms with Crippen LogP contribution < -0.4 is 5.32 Å². The molecule has 0 atom stereocenters. The molecule has 0 bridgehead atoms. The number of aryl methyl sites for hydroxylation is 5. The molecule has 1 heterocycles. The van der Waals surface area contributed by atoms with Gasteiger partial charge in [-0.1, -0.05) is 48.0 Å². The zero-order valence-corrected chi connectivity index (χ0v) is 20.6. The van der Waals surface area contributed by atoms with Crippen molar-refractivity contribution in [3.8, 4) is 0 Å². The van der Waals surface area contributed by atoms with E-state index in [1.165, 1.54) is 28.5 Å². The van der Waals surface area contributed by atoms with Crippen LogP contribution in [-0.4, -0.2) is 22.4 Å². The van der Waals surface area contributed by atoms with Gasteiger partial charge in [0.25, 0.3) is 0 Å². The number of carbonyl (C=O) groups excluding carboxylic acids is 1. The number of hydrogen-bond acceptors (Lipinski definition) is 4. The average Bonchev–Trinajstić information content (AvgIpc) is 2.95. The molecule has 0 spiro atoms. The number of fused-ring (bicyclic) bond motifs is 1. The molecule has 1 aliphatic rings. The number of amides is 1. The molecule has 5 heteroatoms. The fourth-order valence-corrected chi connectivity index (χ4v) is 4.57. The van der Waals surface area contributed by atoms with Crippen molar-refractivity contribution in [2.45, 2.75) is 41.0 Å². The van der Waals surface area contributed by atoms with E-state index in [1.807, 2.05) is 32.0 Å². The highest BCUT2D eigenvalue weighted by molar-refractivity contribution is 8.14. The van der Waals surface area contributed by atoms with Gasteiger partial charge in [0.05, 0.1) is 27.9 Å². The molecule has 3 aromatic carbocycles. The number of thioether (sulfide) groups is 1. The van der Waals surface area contributed by atoms with Gasteiger partial charge in [-0.25, -0.2) is 4.99 Å². The monoisotopic (exact) mass is 455 g/mol. The summed E-state index contributed by atoms with van der Waals surface area (Å²) in [5.41, 5.74) is 10.4. The van der Waals surface area contributed by atoms with Crippen molar-refractivity contribution in [1.29, 1.82) is 0 Å². The van der Waals surface area contributed by atoms with E-state index in [9.17, 15) is 4.79 Å². The van der Waals surface area contributed by atoms with Gasteiger partial charge >= 0.3 is 0 Å². The third kappa shape index (κ3) is 5.42. The summed E-state index contributed by atoms with van der Waals surface area (Å²) in [6, 6.07) is 18.6. The highest BCUT2D eigenvalue weighted by atomic mass is 32.2. The highest BCUT2D eigenvalue weighted by Crippen LogP contribution is 2.36. The van der Waals surface area contributed by atoms with Crippen molar-refractivity contribution >= 4 is 45.5 Å². The number of para-hydroxylation sites is 1. The first-order valence-electron chi connectivity index (χ1n) is 11.1. The Kier molecular flexibility index (Phi) is 6.80. The standard InChI is InChI=1S/C28H29N3OS/c1-17-9-11-22(12-10-17)23-15-27(30-25-14-21(5)20(4)13-24(25)29-23)33-16-26(32)31-28-18(2)7-6-8-19(28)3/h6-14H,15-16H2,1-5H3,(H,31,32). The van der Waals surface area contributed by atoms with Crippen molar-refractivity contribution in [1.82, 2.24) is 0 Å². The van der Waals surface area contributed by atoms with E-state index in [1.54, 1.807) is 0 Å². The molecule has 0 fully saturated rings. The highest BCUT2D eigenvalue weighted by Gasteiger charge is 2.18. The van der Waals surface area contributed by atoms with Crippen LogP contribution in [0.25, 0.3) is 0 Å². The van der Waals surface area contributed by atoms with Gasteiger partial charge < -0.3 is 5.32 Å². The van der Waals surface area contributed by atoms with Gasteiger partial charge in [0, 0.05) is 12.1 Å². The minimum Gasteiger partial charge on any atom is -0.325 e. The predicted molar refractivity (Wildman–Crippen MR) is 142 cm³/mol. The molecule has 1 N–H and O–H groups in total. The van der Waals surface area contributed by atoms with E-state index in [0.717, 1.165) is 44.5 Å². The second-order valence-electron chi connectivity index (χ2n) is 8.64. The maximum atomic E-state index is 12.8. The van der Waals surface area contributed by atoms with Gasteiger partial charge in [-0.2, -0.15) is 0 Å². The van der Waals surface area contributed by atoms with Crippen LogP contribution in [0.2, 0.25) is 0 Å². The summed E-state index contributed by atoms with van der Waals surface area (Å²) >= 11 is 1.48. The van der Waals surface area contributed by atoms with Crippen molar-refractivity contribution < 1.29 is 4.79 Å². The third-order valence-electron chi connectivity index (χ3n) is 5.91. The molecule has 1 amide bonds. The summed E-state index contributed by atoms with van der Waals surface area (Å²) in [4.78, 5) is 22.7. The third-order valence-corrected chi connectivity index (χ3v) is 6.89. The van der Waals surface area contributed by atoms with Crippen LogP contribution in [0.4, 0.5) is 17.1 Å². The molecule has 3 aromatic rings. The number of anilines is 1. The van der Waals surface area contributed by atoms with Crippen LogP contribution in [-0.2, 0) is 4.79 Å². The smallest absolute Gasteiger partial charge is 0.234 e. The number of hydrogen-bond donors (Lipinski definition) is 1. The van der Waals surface area contributed by atoms with Gasteiger partial charge in [-0.05, 0) is 74.6 Å². The molecule has 0 unspecified atom stereocenters. The zero-order chi connectivity index (χ0) is 23.5. The largest absolute Gasteiger partial charge is 0.325 e. The lowest BCUT2D eigenvalue weighted by atomic mass is 10.1. The molecular weight excluding hydrogens is 426 g/mol. The summed E-state index contributed by atoms with van der Waals surface area (Å²) in [6.45, 7) is 10.3. The van der Waals surface area contributed by atoms with Gasteiger partial charge in [-0.15, -0.1) is 11.8 Å².